The highest BCUT2D eigenvalue weighted by molar-refractivity contribution is 5.91. The Labute approximate surface area is 155 Å². The number of aromatic nitrogens is 2. The van der Waals surface area contributed by atoms with Crippen molar-refractivity contribution >= 4 is 17.6 Å². The van der Waals surface area contributed by atoms with E-state index in [1.165, 1.54) is 6.26 Å². The van der Waals surface area contributed by atoms with Gasteiger partial charge in [-0.1, -0.05) is 17.3 Å². The summed E-state index contributed by atoms with van der Waals surface area (Å²) in [5, 5.41) is 15.8. The fraction of sp³-hybridized carbons (Fsp3) is 0.263. The summed E-state index contributed by atoms with van der Waals surface area (Å²) in [6.07, 6.45) is 1.98. The molecule has 2 N–H and O–H groups in total. The predicted molar refractivity (Wildman–Crippen MR) is 96.1 cm³/mol. The number of furan rings is 1. The summed E-state index contributed by atoms with van der Waals surface area (Å²) in [6, 6.07) is 10.2. The molecule has 0 atom stereocenters. The zero-order chi connectivity index (χ0) is 19.4. The van der Waals surface area contributed by atoms with Crippen molar-refractivity contribution in [1.29, 1.82) is 0 Å². The summed E-state index contributed by atoms with van der Waals surface area (Å²) >= 11 is 0. The summed E-state index contributed by atoms with van der Waals surface area (Å²) in [4.78, 5) is 27.6. The minimum atomic E-state index is -0.994. The summed E-state index contributed by atoms with van der Waals surface area (Å²) in [5.41, 5.74) is 0.252. The summed E-state index contributed by atoms with van der Waals surface area (Å²) < 4.78 is 10.3. The summed E-state index contributed by atoms with van der Waals surface area (Å²) in [6.45, 7) is 3.26. The van der Waals surface area contributed by atoms with Crippen molar-refractivity contribution in [3.63, 3.8) is 0 Å². The van der Waals surface area contributed by atoms with Crippen LogP contribution in [0.5, 0.6) is 0 Å². The first-order valence-electron chi connectivity index (χ1n) is 8.36. The Kier molecular flexibility index (Phi) is 5.07. The summed E-state index contributed by atoms with van der Waals surface area (Å²) in [7, 11) is 0. The van der Waals surface area contributed by atoms with Crippen molar-refractivity contribution < 1.29 is 23.6 Å². The van der Waals surface area contributed by atoms with E-state index in [2.05, 4.69) is 15.5 Å². The monoisotopic (exact) mass is 369 g/mol. The number of anilines is 1. The minimum Gasteiger partial charge on any atom is -0.481 e. The van der Waals surface area contributed by atoms with Crippen LogP contribution in [0.15, 0.2) is 51.6 Å². The van der Waals surface area contributed by atoms with Gasteiger partial charge in [-0.25, -0.2) is 0 Å². The molecule has 3 aromatic rings. The molecule has 140 valence electrons. The first kappa shape index (κ1) is 18.4. The average molecular weight is 369 g/mol. The van der Waals surface area contributed by atoms with Gasteiger partial charge < -0.3 is 19.4 Å². The highest BCUT2D eigenvalue weighted by Gasteiger charge is 2.29. The number of carbonyl (C=O) groups is 2. The van der Waals surface area contributed by atoms with Crippen LogP contribution in [-0.2, 0) is 21.4 Å². The van der Waals surface area contributed by atoms with Crippen LogP contribution in [0.1, 0.15) is 31.7 Å². The third-order valence-electron chi connectivity index (χ3n) is 4.20. The van der Waals surface area contributed by atoms with Gasteiger partial charge in [-0.05, 0) is 43.7 Å². The molecule has 0 aliphatic carbocycles. The maximum Gasteiger partial charge on any atom is 0.313 e. The topological polar surface area (TPSA) is 118 Å². The second kappa shape index (κ2) is 7.45. The van der Waals surface area contributed by atoms with Crippen LogP contribution >= 0.6 is 0 Å². The van der Waals surface area contributed by atoms with Crippen LogP contribution in [-0.4, -0.2) is 27.1 Å². The fourth-order valence-corrected chi connectivity index (χ4v) is 2.40. The Hall–Kier alpha value is -3.42. The molecule has 2 heterocycles. The number of nitrogens with one attached hydrogen (secondary N) is 1. The van der Waals surface area contributed by atoms with E-state index in [1.54, 1.807) is 50.2 Å². The lowest BCUT2D eigenvalue weighted by atomic mass is 9.85. The van der Waals surface area contributed by atoms with E-state index in [0.717, 1.165) is 0 Å². The van der Waals surface area contributed by atoms with Crippen LogP contribution in [0.2, 0.25) is 0 Å². The zero-order valence-electron chi connectivity index (χ0n) is 14.9. The quantitative estimate of drug-likeness (QED) is 0.656. The van der Waals surface area contributed by atoms with Crippen LogP contribution in [0.25, 0.3) is 11.6 Å². The van der Waals surface area contributed by atoms with E-state index < -0.39 is 11.4 Å². The van der Waals surface area contributed by atoms with E-state index >= 15 is 0 Å². The third-order valence-corrected chi connectivity index (χ3v) is 4.20. The minimum absolute atomic E-state index is 0.169. The van der Waals surface area contributed by atoms with E-state index in [0.29, 0.717) is 35.1 Å². The molecule has 3 rings (SSSR count). The lowest BCUT2D eigenvalue weighted by Gasteiger charge is -2.19. The van der Waals surface area contributed by atoms with Gasteiger partial charge in [-0.2, -0.15) is 4.98 Å². The highest BCUT2D eigenvalue weighted by atomic mass is 16.5. The molecule has 0 saturated heterocycles. The SMILES string of the molecule is CC(C)(C(=O)O)c1ccc(NC(=O)CCc2nc(-c3ccco3)no2)cc1. The predicted octanol–water partition coefficient (Wildman–Crippen LogP) is 3.26. The molecular formula is C19H19N3O5. The Balaban J connectivity index is 1.54. The number of hydrogen-bond donors (Lipinski definition) is 2. The lowest BCUT2D eigenvalue weighted by Crippen LogP contribution is -2.28. The van der Waals surface area contributed by atoms with Gasteiger partial charge in [0.1, 0.15) is 0 Å². The van der Waals surface area contributed by atoms with Gasteiger partial charge in [0.2, 0.25) is 17.6 Å². The molecule has 0 fully saturated rings. The maximum atomic E-state index is 12.1. The first-order chi connectivity index (χ1) is 12.9. The van der Waals surface area contributed by atoms with E-state index in [4.69, 9.17) is 8.94 Å². The number of nitrogens with zero attached hydrogens (tertiary/aromatic N) is 2. The Morgan fingerprint density at radius 3 is 2.56 bits per heavy atom. The van der Waals surface area contributed by atoms with Crippen LogP contribution in [0.4, 0.5) is 5.69 Å². The van der Waals surface area contributed by atoms with E-state index in [9.17, 15) is 14.7 Å². The Morgan fingerprint density at radius 1 is 1.19 bits per heavy atom. The van der Waals surface area contributed by atoms with E-state index in [-0.39, 0.29) is 12.3 Å². The molecule has 0 unspecified atom stereocenters. The molecule has 0 saturated carbocycles. The Morgan fingerprint density at radius 2 is 1.93 bits per heavy atom. The molecule has 1 aromatic carbocycles. The van der Waals surface area contributed by atoms with Crippen molar-refractivity contribution in [2.45, 2.75) is 32.1 Å². The number of aliphatic carboxylic acids is 1. The normalized spacial score (nSPS) is 11.3. The number of carbonyl (C=O) groups excluding carboxylic acids is 1. The standard InChI is InChI=1S/C19H19N3O5/c1-19(2,18(24)25)12-5-7-13(8-6-12)20-15(23)9-10-16-21-17(22-27-16)14-4-3-11-26-14/h3-8,11H,9-10H2,1-2H3,(H,20,23)(H,24,25). The van der Waals surface area contributed by atoms with Crippen molar-refractivity contribution in [2.75, 3.05) is 5.32 Å². The highest BCUT2D eigenvalue weighted by Crippen LogP contribution is 2.25. The average Bonchev–Trinajstić information content (AvgIpc) is 3.32. The molecule has 1 amide bonds. The molecule has 8 heteroatoms. The number of rotatable bonds is 7. The molecule has 27 heavy (non-hydrogen) atoms. The molecular weight excluding hydrogens is 350 g/mol. The number of amides is 1. The molecule has 0 radical (unpaired) electrons. The number of hydrogen-bond acceptors (Lipinski definition) is 6. The van der Waals surface area contributed by atoms with Crippen LogP contribution in [0.3, 0.4) is 0 Å². The second-order valence-corrected chi connectivity index (χ2v) is 6.54. The van der Waals surface area contributed by atoms with Gasteiger partial charge in [-0.15, -0.1) is 0 Å². The number of benzene rings is 1. The smallest absolute Gasteiger partial charge is 0.313 e. The van der Waals surface area contributed by atoms with Crippen molar-refractivity contribution in [3.05, 3.63) is 54.1 Å². The van der Waals surface area contributed by atoms with Gasteiger partial charge in [0.05, 0.1) is 11.7 Å². The number of carboxylic acid groups (broad SMARTS) is 1. The number of aryl methyl sites for hydroxylation is 1. The molecule has 0 aliphatic rings. The van der Waals surface area contributed by atoms with Crippen LogP contribution < -0.4 is 5.32 Å². The molecule has 0 spiro atoms. The maximum absolute atomic E-state index is 12.1. The van der Waals surface area contributed by atoms with Gasteiger partial charge >= 0.3 is 5.97 Å². The van der Waals surface area contributed by atoms with Crippen molar-refractivity contribution in [3.8, 4) is 11.6 Å². The Bertz CT molecular complexity index is 927. The molecule has 0 aliphatic heterocycles. The van der Waals surface area contributed by atoms with Crippen LogP contribution in [0, 0.1) is 0 Å². The number of carboxylic acids is 1. The van der Waals surface area contributed by atoms with Gasteiger partial charge in [0.15, 0.2) is 5.76 Å². The van der Waals surface area contributed by atoms with E-state index in [1.807, 2.05) is 0 Å². The van der Waals surface area contributed by atoms with Crippen molar-refractivity contribution in [1.82, 2.24) is 10.1 Å². The fourth-order valence-electron chi connectivity index (χ4n) is 2.40. The molecule has 0 bridgehead atoms. The molecule has 8 nitrogen and oxygen atoms in total. The lowest BCUT2D eigenvalue weighted by molar-refractivity contribution is -0.142. The van der Waals surface area contributed by atoms with Crippen molar-refractivity contribution in [2.24, 2.45) is 0 Å². The van der Waals surface area contributed by atoms with Gasteiger partial charge in [0, 0.05) is 18.5 Å². The van der Waals surface area contributed by atoms with Gasteiger partial charge in [-0.3, -0.25) is 9.59 Å². The molecule has 2 aromatic heterocycles. The van der Waals surface area contributed by atoms with Gasteiger partial charge in [0.25, 0.3) is 0 Å². The zero-order valence-corrected chi connectivity index (χ0v) is 14.9. The second-order valence-electron chi connectivity index (χ2n) is 6.54. The summed E-state index contributed by atoms with van der Waals surface area (Å²) in [5.74, 6) is 0.0618. The third kappa shape index (κ3) is 4.22. The first-order valence-corrected chi connectivity index (χ1v) is 8.36. The largest absolute Gasteiger partial charge is 0.481 e.